The second-order valence-corrected chi connectivity index (χ2v) is 0. The molecule has 0 aromatic heterocycles. The molecule has 0 heterocycles. The van der Waals surface area contributed by atoms with Gasteiger partial charge >= 0.3 is 125 Å². The molecule has 0 saturated carbocycles. The third-order valence-electron chi connectivity index (χ3n) is 0. The van der Waals surface area contributed by atoms with E-state index in [1.807, 2.05) is 0 Å². The molecule has 0 aliphatic carbocycles. The van der Waals surface area contributed by atoms with Gasteiger partial charge in [0.25, 0.3) is 0 Å². The molecule has 0 amide bonds. The number of hydrogen-bond acceptors (Lipinski definition) is 0. The summed E-state index contributed by atoms with van der Waals surface area (Å²) in [5, 5.41) is 0. The van der Waals surface area contributed by atoms with Crippen molar-refractivity contribution in [3.05, 3.63) is 0 Å². The Bertz CT molecular complexity index is 14.4. The van der Waals surface area contributed by atoms with Gasteiger partial charge in [-0.3, -0.25) is 0 Å². The predicted octanol–water partition coefficient (Wildman–Crippen LogP) is -0.837. The molecule has 0 saturated heterocycles. The Kier molecular flexibility index (Phi) is 2700. The molecule has 0 N–H and O–H groups in total. The van der Waals surface area contributed by atoms with Crippen LogP contribution in [0.3, 0.4) is 0 Å². The van der Waals surface area contributed by atoms with Crippen LogP contribution in [-0.2, 0) is 81.8 Å². The summed E-state index contributed by atoms with van der Waals surface area (Å²) in [4.78, 5) is 0. The first kappa shape index (κ1) is 192. The van der Waals surface area contributed by atoms with E-state index in [1.54, 1.807) is 0 Å². The summed E-state index contributed by atoms with van der Waals surface area (Å²) in [5.74, 6) is 0. The standard InChI is InChI=1S/2Nd.7O.2Ti/q2*+3;7*-2;2*+4. The van der Waals surface area contributed by atoms with Gasteiger partial charge in [0.1, 0.15) is 0 Å². The van der Waals surface area contributed by atoms with E-state index < -0.39 is 0 Å². The Morgan fingerprint density at radius 2 is 0.273 bits per heavy atom. The largest absolute Gasteiger partial charge is 4.00 e. The van der Waals surface area contributed by atoms with Gasteiger partial charge < -0.3 is 38.3 Å². The first-order valence-electron chi connectivity index (χ1n) is 0. The summed E-state index contributed by atoms with van der Waals surface area (Å²) in [6, 6.07) is 0. The molecule has 0 spiro atoms. The van der Waals surface area contributed by atoms with Gasteiger partial charge in [-0.1, -0.05) is 0 Å². The Balaban J connectivity index is 0. The molecule has 0 unspecified atom stereocenters. The SMILES string of the molecule is [Nd+3].[Nd+3].[O-2].[O-2].[O-2].[O-2].[O-2].[O-2].[O-2].[Ti+4].[Ti+4]. The Morgan fingerprint density at radius 1 is 0.273 bits per heavy atom. The minimum atomic E-state index is 0. The monoisotopic (exact) mass is 492 g/mol. The van der Waals surface area contributed by atoms with E-state index in [9.17, 15) is 0 Å². The van der Waals surface area contributed by atoms with E-state index in [-0.39, 0.29) is 163 Å². The zero-order valence-electron chi connectivity index (χ0n) is 4.86. The van der Waals surface area contributed by atoms with Crippen LogP contribution in [0.15, 0.2) is 0 Å². The van der Waals surface area contributed by atoms with Crippen molar-refractivity contribution in [1.82, 2.24) is 0 Å². The Morgan fingerprint density at radius 3 is 0.273 bits per heavy atom. The molecule has 0 aliphatic rings. The van der Waals surface area contributed by atoms with Gasteiger partial charge in [0.2, 0.25) is 0 Å². The van der Waals surface area contributed by atoms with Crippen LogP contribution in [0, 0.1) is 81.7 Å². The quantitative estimate of drug-likeness (QED) is 0.377. The van der Waals surface area contributed by atoms with E-state index >= 15 is 0 Å². The van der Waals surface area contributed by atoms with E-state index in [1.165, 1.54) is 0 Å². The third kappa shape index (κ3) is 131. The van der Waals surface area contributed by atoms with E-state index in [0.717, 1.165) is 0 Å². The normalized spacial score (nSPS) is 0. The summed E-state index contributed by atoms with van der Waals surface area (Å²) in [5.41, 5.74) is 0. The van der Waals surface area contributed by atoms with E-state index in [2.05, 4.69) is 0 Å². The molecule has 7 nitrogen and oxygen atoms in total. The number of rotatable bonds is 0. The molecule has 0 aromatic rings. The molecular formula is Nd2O7Ti2. The summed E-state index contributed by atoms with van der Waals surface area (Å²) in [7, 11) is 0. The minimum Gasteiger partial charge on any atom is -2.00 e. The van der Waals surface area contributed by atoms with Crippen LogP contribution in [0.4, 0.5) is 0 Å². The van der Waals surface area contributed by atoms with Gasteiger partial charge in [-0.25, -0.2) is 0 Å². The topological polar surface area (TPSA) is 200 Å². The van der Waals surface area contributed by atoms with Gasteiger partial charge in [-0.05, 0) is 0 Å². The molecule has 0 rings (SSSR count). The molecule has 0 aliphatic heterocycles. The zero-order valence-corrected chi connectivity index (χ0v) is 14.4. The van der Waals surface area contributed by atoms with Crippen molar-refractivity contribution in [2.75, 3.05) is 0 Å². The summed E-state index contributed by atoms with van der Waals surface area (Å²) in [6.07, 6.45) is 0. The van der Waals surface area contributed by atoms with Crippen LogP contribution in [0.2, 0.25) is 0 Å². The second kappa shape index (κ2) is 154. The second-order valence-electron chi connectivity index (χ2n) is 0. The average molecular weight is 496 g/mol. The van der Waals surface area contributed by atoms with E-state index in [4.69, 9.17) is 0 Å². The van der Waals surface area contributed by atoms with Gasteiger partial charge in [-0.2, -0.15) is 0 Å². The summed E-state index contributed by atoms with van der Waals surface area (Å²) >= 11 is 0. The molecule has 11 heteroatoms. The fourth-order valence-electron chi connectivity index (χ4n) is 0. The molecule has 11 heavy (non-hydrogen) atoms. The van der Waals surface area contributed by atoms with Crippen molar-refractivity contribution >= 4 is 0 Å². The molecule has 58 valence electrons. The van der Waals surface area contributed by atoms with Gasteiger partial charge in [0, 0.05) is 0 Å². The third-order valence-corrected chi connectivity index (χ3v) is 0. The Hall–Kier alpha value is 3.85. The molecule has 0 aromatic carbocycles. The van der Waals surface area contributed by atoms with Crippen molar-refractivity contribution in [1.29, 1.82) is 0 Å². The van der Waals surface area contributed by atoms with Gasteiger partial charge in [-0.15, -0.1) is 0 Å². The minimum absolute atomic E-state index is 0. The first-order valence-corrected chi connectivity index (χ1v) is 0. The van der Waals surface area contributed by atoms with Crippen LogP contribution in [0.5, 0.6) is 0 Å². The fraction of sp³-hybridized carbons (Fsp3) is 0. The van der Waals surface area contributed by atoms with Crippen molar-refractivity contribution in [2.45, 2.75) is 0 Å². The van der Waals surface area contributed by atoms with Crippen molar-refractivity contribution in [2.24, 2.45) is 0 Å². The smallest absolute Gasteiger partial charge is 2.00 e. The maximum Gasteiger partial charge on any atom is 4.00 e. The molecule has 2 radical (unpaired) electrons. The average Bonchev–Trinajstić information content (AvgIpc) is 0. The van der Waals surface area contributed by atoms with E-state index in [0.29, 0.717) is 0 Å². The van der Waals surface area contributed by atoms with Crippen LogP contribution >= 0.6 is 0 Å². The van der Waals surface area contributed by atoms with Crippen LogP contribution in [0.25, 0.3) is 0 Å². The van der Waals surface area contributed by atoms with Crippen LogP contribution < -0.4 is 0 Å². The summed E-state index contributed by atoms with van der Waals surface area (Å²) in [6.45, 7) is 0. The van der Waals surface area contributed by atoms with Crippen molar-refractivity contribution in [3.8, 4) is 0 Å². The first-order chi connectivity index (χ1) is 0. The zero-order chi connectivity index (χ0) is 0. The molecule has 0 bridgehead atoms. The van der Waals surface area contributed by atoms with Crippen molar-refractivity contribution in [3.63, 3.8) is 0 Å². The van der Waals surface area contributed by atoms with Crippen LogP contribution in [-0.4, -0.2) is 0 Å². The number of hydrogen-bond donors (Lipinski definition) is 0. The van der Waals surface area contributed by atoms with Crippen LogP contribution in [0.1, 0.15) is 0 Å². The maximum atomic E-state index is 0. The maximum absolute atomic E-state index is 0. The fourth-order valence-corrected chi connectivity index (χ4v) is 0. The summed E-state index contributed by atoms with van der Waals surface area (Å²) < 4.78 is 0. The molecule has 0 fully saturated rings. The van der Waals surface area contributed by atoms with Crippen molar-refractivity contribution < 1.29 is 163 Å². The predicted molar refractivity (Wildman–Crippen MR) is 4.81 cm³/mol. The molecule has 0 atom stereocenters. The Labute approximate surface area is 160 Å². The molecular weight excluding hydrogens is 496 g/mol. The van der Waals surface area contributed by atoms with Gasteiger partial charge in [0.05, 0.1) is 0 Å². The van der Waals surface area contributed by atoms with Gasteiger partial charge in [0.15, 0.2) is 0 Å².